The monoisotopic (exact) mass is 387 g/mol. The maximum absolute atomic E-state index is 13.2. The van der Waals surface area contributed by atoms with Gasteiger partial charge in [-0.1, -0.05) is 25.4 Å². The van der Waals surface area contributed by atoms with Gasteiger partial charge in [-0.25, -0.2) is 8.96 Å². The second-order valence-electron chi connectivity index (χ2n) is 4.97. The van der Waals surface area contributed by atoms with Gasteiger partial charge < -0.3 is 5.32 Å². The number of anilines is 1. The van der Waals surface area contributed by atoms with Gasteiger partial charge in [-0.3, -0.25) is 0 Å². The SMILES string of the molecule is CC(C)SCCNc1cc(Cl)nc2c1c(C(F)(F)F)cn2SF. The summed E-state index contributed by atoms with van der Waals surface area (Å²) in [5, 5.41) is 3.19. The molecular weight excluding hydrogens is 374 g/mol. The molecule has 0 saturated heterocycles. The Kier molecular flexibility index (Phi) is 5.96. The predicted octanol–water partition coefficient (Wildman–Crippen LogP) is 5.64. The molecule has 0 fully saturated rings. The zero-order valence-electron chi connectivity index (χ0n) is 12.2. The van der Waals surface area contributed by atoms with Gasteiger partial charge in [-0.2, -0.15) is 24.9 Å². The van der Waals surface area contributed by atoms with Gasteiger partial charge in [0.1, 0.15) is 5.15 Å². The fourth-order valence-electron chi connectivity index (χ4n) is 2.06. The molecule has 0 aliphatic rings. The Morgan fingerprint density at radius 1 is 1.39 bits per heavy atom. The van der Waals surface area contributed by atoms with E-state index in [-0.39, 0.29) is 34.2 Å². The van der Waals surface area contributed by atoms with E-state index in [0.717, 1.165) is 9.73 Å². The fraction of sp³-hybridized carbons (Fsp3) is 0.462. The summed E-state index contributed by atoms with van der Waals surface area (Å²) in [6, 6.07) is 1.33. The number of fused-ring (bicyclic) bond motifs is 1. The minimum atomic E-state index is -4.61. The molecule has 3 nitrogen and oxygen atoms in total. The average Bonchev–Trinajstić information content (AvgIpc) is 2.81. The van der Waals surface area contributed by atoms with E-state index in [9.17, 15) is 17.1 Å². The Hall–Kier alpha value is -0.800. The number of hydrogen-bond donors (Lipinski definition) is 1. The molecule has 0 bridgehead atoms. The molecule has 0 saturated carbocycles. The summed E-state index contributed by atoms with van der Waals surface area (Å²) in [5.41, 5.74) is -0.901. The molecule has 2 rings (SSSR count). The van der Waals surface area contributed by atoms with Crippen molar-refractivity contribution >= 4 is 52.4 Å². The molecule has 0 unspecified atom stereocenters. The Morgan fingerprint density at radius 3 is 2.65 bits per heavy atom. The number of hydrogen-bond acceptors (Lipinski definition) is 4. The third-order valence-corrected chi connectivity index (χ3v) is 4.67. The van der Waals surface area contributed by atoms with Crippen molar-refractivity contribution in [3.63, 3.8) is 0 Å². The molecule has 1 N–H and O–H groups in total. The standard InChI is InChI=1S/C13H14ClF4N3S2/c1-7(2)22-4-3-19-9-5-10(14)20-12-11(9)8(13(15,16)17)6-21(12)23-18/h5-7H,3-4H2,1-2H3,(H,19,20). The lowest BCUT2D eigenvalue weighted by Gasteiger charge is -2.12. The highest BCUT2D eigenvalue weighted by Gasteiger charge is 2.36. The molecule has 23 heavy (non-hydrogen) atoms. The van der Waals surface area contributed by atoms with Crippen LogP contribution in [0.2, 0.25) is 5.15 Å². The van der Waals surface area contributed by atoms with Gasteiger partial charge in [0, 0.05) is 24.2 Å². The lowest BCUT2D eigenvalue weighted by Crippen LogP contribution is -2.09. The molecular formula is C13H14ClF4N3S2. The first-order chi connectivity index (χ1) is 10.7. The van der Waals surface area contributed by atoms with Crippen LogP contribution in [0.15, 0.2) is 12.3 Å². The highest BCUT2D eigenvalue weighted by Crippen LogP contribution is 2.41. The van der Waals surface area contributed by atoms with Crippen LogP contribution in [0.5, 0.6) is 0 Å². The molecule has 0 amide bonds. The van der Waals surface area contributed by atoms with E-state index in [0.29, 0.717) is 18.0 Å². The van der Waals surface area contributed by atoms with Crippen LogP contribution in [0.3, 0.4) is 0 Å². The van der Waals surface area contributed by atoms with Gasteiger partial charge >= 0.3 is 6.18 Å². The first kappa shape index (κ1) is 18.5. The molecule has 0 aromatic carbocycles. The van der Waals surface area contributed by atoms with E-state index in [2.05, 4.69) is 10.3 Å². The number of aromatic nitrogens is 2. The second kappa shape index (κ2) is 7.40. The number of pyridine rings is 1. The third-order valence-electron chi connectivity index (χ3n) is 2.94. The minimum Gasteiger partial charge on any atom is -0.384 e. The van der Waals surface area contributed by atoms with Gasteiger partial charge in [-0.15, -0.1) is 3.89 Å². The van der Waals surface area contributed by atoms with Crippen LogP contribution in [-0.4, -0.2) is 26.5 Å². The van der Waals surface area contributed by atoms with Crippen molar-refractivity contribution in [2.75, 3.05) is 17.6 Å². The summed E-state index contributed by atoms with van der Waals surface area (Å²) in [4.78, 5) is 3.82. The first-order valence-electron chi connectivity index (χ1n) is 6.67. The van der Waals surface area contributed by atoms with Crippen molar-refractivity contribution in [3.05, 3.63) is 23.0 Å². The minimum absolute atomic E-state index is 0.00126. The largest absolute Gasteiger partial charge is 0.418 e. The number of rotatable bonds is 6. The predicted molar refractivity (Wildman–Crippen MR) is 89.9 cm³/mol. The number of halogens is 5. The van der Waals surface area contributed by atoms with E-state index >= 15 is 0 Å². The molecule has 0 aliphatic carbocycles. The van der Waals surface area contributed by atoms with E-state index in [1.165, 1.54) is 6.07 Å². The van der Waals surface area contributed by atoms with Crippen LogP contribution in [0.1, 0.15) is 19.4 Å². The zero-order chi connectivity index (χ0) is 17.2. The Labute approximate surface area is 144 Å². The maximum Gasteiger partial charge on any atom is 0.418 e. The molecule has 10 heteroatoms. The van der Waals surface area contributed by atoms with Crippen LogP contribution >= 0.6 is 35.7 Å². The second-order valence-corrected chi connectivity index (χ2v) is 7.58. The molecule has 0 aliphatic heterocycles. The Bertz CT molecular complexity index is 688. The molecule has 2 aromatic heterocycles. The number of thioether (sulfide) groups is 1. The topological polar surface area (TPSA) is 29.9 Å². The molecule has 0 radical (unpaired) electrons. The van der Waals surface area contributed by atoms with Crippen molar-refractivity contribution in [1.82, 2.24) is 8.96 Å². The molecule has 2 aromatic rings. The first-order valence-corrected chi connectivity index (χ1v) is 8.77. The summed E-state index contributed by atoms with van der Waals surface area (Å²) in [7, 11) is 0. The van der Waals surface area contributed by atoms with Crippen LogP contribution < -0.4 is 5.32 Å². The summed E-state index contributed by atoms with van der Waals surface area (Å²) >= 11 is 7.18. The van der Waals surface area contributed by atoms with Crippen LogP contribution in [-0.2, 0) is 6.18 Å². The quantitative estimate of drug-likeness (QED) is 0.394. The highest BCUT2D eigenvalue weighted by atomic mass is 35.5. The van der Waals surface area contributed by atoms with Crippen LogP contribution in [0, 0.1) is 0 Å². The molecule has 2 heterocycles. The normalized spacial score (nSPS) is 12.3. The average molecular weight is 388 g/mol. The van der Waals surface area contributed by atoms with E-state index in [4.69, 9.17) is 11.6 Å². The third kappa shape index (κ3) is 4.39. The zero-order valence-corrected chi connectivity index (χ0v) is 14.6. The summed E-state index contributed by atoms with van der Waals surface area (Å²) in [6.45, 7) is 4.53. The summed E-state index contributed by atoms with van der Waals surface area (Å²) < 4.78 is 53.3. The van der Waals surface area contributed by atoms with Crippen LogP contribution in [0.4, 0.5) is 22.7 Å². The van der Waals surface area contributed by atoms with Gasteiger partial charge in [0.2, 0.25) is 0 Å². The van der Waals surface area contributed by atoms with Crippen molar-refractivity contribution in [2.24, 2.45) is 0 Å². The van der Waals surface area contributed by atoms with Crippen molar-refractivity contribution in [3.8, 4) is 0 Å². The van der Waals surface area contributed by atoms with Crippen LogP contribution in [0.25, 0.3) is 11.0 Å². The number of nitrogens with one attached hydrogen (secondary N) is 1. The summed E-state index contributed by atoms with van der Waals surface area (Å²) in [5.74, 6) is 0.721. The van der Waals surface area contributed by atoms with Gasteiger partial charge in [0.05, 0.1) is 10.9 Å². The van der Waals surface area contributed by atoms with Gasteiger partial charge in [0.25, 0.3) is 0 Å². The summed E-state index contributed by atoms with van der Waals surface area (Å²) in [6.07, 6.45) is -3.93. The molecule has 0 spiro atoms. The number of nitrogens with zero attached hydrogens (tertiary/aromatic N) is 2. The van der Waals surface area contributed by atoms with Gasteiger partial charge in [0.15, 0.2) is 18.0 Å². The van der Waals surface area contributed by atoms with Crippen molar-refractivity contribution in [2.45, 2.75) is 25.3 Å². The van der Waals surface area contributed by atoms with E-state index in [1.54, 1.807) is 11.8 Å². The van der Waals surface area contributed by atoms with E-state index < -0.39 is 11.7 Å². The highest BCUT2D eigenvalue weighted by molar-refractivity contribution is 7.99. The van der Waals surface area contributed by atoms with E-state index in [1.807, 2.05) is 13.8 Å². The molecule has 128 valence electrons. The lowest BCUT2D eigenvalue weighted by molar-refractivity contribution is -0.136. The van der Waals surface area contributed by atoms with Crippen molar-refractivity contribution < 1.29 is 17.1 Å². The Balaban J connectivity index is 2.44. The Morgan fingerprint density at radius 2 is 2.09 bits per heavy atom. The van der Waals surface area contributed by atoms with Gasteiger partial charge in [-0.05, 0) is 11.3 Å². The smallest absolute Gasteiger partial charge is 0.384 e. The van der Waals surface area contributed by atoms with Crippen molar-refractivity contribution in [1.29, 1.82) is 0 Å². The fourth-order valence-corrected chi connectivity index (χ4v) is 3.28. The molecule has 0 atom stereocenters. The lowest BCUT2D eigenvalue weighted by atomic mass is 10.2. The number of alkyl halides is 3. The maximum atomic E-state index is 13.2.